The molecule has 2 aromatic carbocycles. The Balaban J connectivity index is 2.24. The average molecular weight is 350 g/mol. The zero-order chi connectivity index (χ0) is 15.6. The fourth-order valence-electron chi connectivity index (χ4n) is 2.27. The van der Waals surface area contributed by atoms with E-state index in [0.29, 0.717) is 16.1 Å². The minimum Gasteiger partial charge on any atom is -0.322 e. The molecule has 2 aromatic rings. The molecule has 4 heteroatoms. The summed E-state index contributed by atoms with van der Waals surface area (Å²) in [6.07, 6.45) is 0. The van der Waals surface area contributed by atoms with E-state index in [0.717, 1.165) is 5.56 Å². The highest BCUT2D eigenvalue weighted by Crippen LogP contribution is 2.23. The van der Waals surface area contributed by atoms with Crippen LogP contribution in [0.15, 0.2) is 40.9 Å². The lowest BCUT2D eigenvalue weighted by molar-refractivity contribution is 0.102. The molecular weight excluding hydrogens is 333 g/mol. The number of nitrogens with one attached hydrogen (secondary N) is 1. The summed E-state index contributed by atoms with van der Waals surface area (Å²) >= 11 is 3.24. The van der Waals surface area contributed by atoms with Crippen LogP contribution in [0.2, 0.25) is 0 Å². The third kappa shape index (κ3) is 3.70. The number of hydrogen-bond donors (Lipinski definition) is 1. The molecule has 0 fully saturated rings. The molecule has 0 aliphatic heterocycles. The standard InChI is InChI=1S/C17H17BrFNO/c1-10(2)14-6-5-13(8-11(14)3)20-17(21)15-9-12(18)4-7-16(15)19/h4-10H,1-3H3,(H,20,21). The Hall–Kier alpha value is -1.68. The molecule has 0 aliphatic carbocycles. The first-order valence-electron chi connectivity index (χ1n) is 6.75. The summed E-state index contributed by atoms with van der Waals surface area (Å²) in [5.41, 5.74) is 3.04. The third-order valence-corrected chi connectivity index (χ3v) is 3.82. The third-order valence-electron chi connectivity index (χ3n) is 3.32. The number of rotatable bonds is 3. The van der Waals surface area contributed by atoms with Crippen LogP contribution in [0, 0.1) is 12.7 Å². The highest BCUT2D eigenvalue weighted by molar-refractivity contribution is 9.10. The first-order chi connectivity index (χ1) is 9.88. The van der Waals surface area contributed by atoms with E-state index >= 15 is 0 Å². The zero-order valence-corrected chi connectivity index (χ0v) is 13.8. The fourth-order valence-corrected chi connectivity index (χ4v) is 2.63. The van der Waals surface area contributed by atoms with Crippen molar-refractivity contribution in [1.82, 2.24) is 0 Å². The first kappa shape index (κ1) is 15.7. The minimum absolute atomic E-state index is 0.0231. The van der Waals surface area contributed by atoms with Crippen molar-refractivity contribution in [1.29, 1.82) is 0 Å². The topological polar surface area (TPSA) is 29.1 Å². The van der Waals surface area contributed by atoms with Crippen LogP contribution in [0.25, 0.3) is 0 Å². The Morgan fingerprint density at radius 2 is 1.90 bits per heavy atom. The minimum atomic E-state index is -0.536. The van der Waals surface area contributed by atoms with Crippen molar-refractivity contribution in [2.75, 3.05) is 5.32 Å². The van der Waals surface area contributed by atoms with Crippen LogP contribution in [0.4, 0.5) is 10.1 Å². The van der Waals surface area contributed by atoms with Crippen LogP contribution in [-0.2, 0) is 0 Å². The molecule has 0 saturated heterocycles. The van der Waals surface area contributed by atoms with E-state index in [-0.39, 0.29) is 5.56 Å². The summed E-state index contributed by atoms with van der Waals surface area (Å²) in [7, 11) is 0. The van der Waals surface area contributed by atoms with Gasteiger partial charge < -0.3 is 5.32 Å². The molecule has 0 radical (unpaired) electrons. The molecule has 0 bridgehead atoms. The summed E-state index contributed by atoms with van der Waals surface area (Å²) < 4.78 is 14.4. The van der Waals surface area contributed by atoms with Crippen molar-refractivity contribution >= 4 is 27.5 Å². The molecule has 110 valence electrons. The lowest BCUT2D eigenvalue weighted by atomic mass is 9.97. The Kier molecular flexibility index (Phi) is 4.78. The molecule has 0 aliphatic rings. The molecule has 2 rings (SSSR count). The van der Waals surface area contributed by atoms with Crippen molar-refractivity contribution in [3.05, 3.63) is 63.4 Å². The Morgan fingerprint density at radius 3 is 2.52 bits per heavy atom. The SMILES string of the molecule is Cc1cc(NC(=O)c2cc(Br)ccc2F)ccc1C(C)C. The van der Waals surface area contributed by atoms with Gasteiger partial charge in [0.2, 0.25) is 0 Å². The van der Waals surface area contributed by atoms with E-state index in [1.807, 2.05) is 25.1 Å². The van der Waals surface area contributed by atoms with Gasteiger partial charge in [-0.1, -0.05) is 35.8 Å². The molecule has 1 N–H and O–H groups in total. The van der Waals surface area contributed by atoms with Crippen LogP contribution < -0.4 is 5.32 Å². The van der Waals surface area contributed by atoms with Gasteiger partial charge in [0.05, 0.1) is 5.56 Å². The maximum absolute atomic E-state index is 13.7. The Bertz CT molecular complexity index is 682. The maximum atomic E-state index is 13.7. The number of hydrogen-bond acceptors (Lipinski definition) is 1. The van der Waals surface area contributed by atoms with Crippen LogP contribution >= 0.6 is 15.9 Å². The quantitative estimate of drug-likeness (QED) is 0.803. The highest BCUT2D eigenvalue weighted by Gasteiger charge is 2.13. The van der Waals surface area contributed by atoms with Crippen molar-refractivity contribution in [3.63, 3.8) is 0 Å². The van der Waals surface area contributed by atoms with E-state index in [1.165, 1.54) is 17.7 Å². The summed E-state index contributed by atoms with van der Waals surface area (Å²) in [6.45, 7) is 6.25. The van der Waals surface area contributed by atoms with Crippen molar-refractivity contribution < 1.29 is 9.18 Å². The van der Waals surface area contributed by atoms with Gasteiger partial charge in [0.1, 0.15) is 5.82 Å². The van der Waals surface area contributed by atoms with Gasteiger partial charge in [-0.2, -0.15) is 0 Å². The summed E-state index contributed by atoms with van der Waals surface area (Å²) in [5.74, 6) is -0.561. The molecule has 0 unspecified atom stereocenters. The maximum Gasteiger partial charge on any atom is 0.258 e. The monoisotopic (exact) mass is 349 g/mol. The molecule has 0 atom stereocenters. The lowest BCUT2D eigenvalue weighted by Gasteiger charge is -2.12. The van der Waals surface area contributed by atoms with E-state index in [2.05, 4.69) is 35.1 Å². The number of halogens is 2. The number of anilines is 1. The zero-order valence-electron chi connectivity index (χ0n) is 12.2. The Morgan fingerprint density at radius 1 is 1.19 bits per heavy atom. The van der Waals surface area contributed by atoms with E-state index < -0.39 is 11.7 Å². The second-order valence-electron chi connectivity index (χ2n) is 5.30. The van der Waals surface area contributed by atoms with Crippen LogP contribution in [0.1, 0.15) is 41.3 Å². The largest absolute Gasteiger partial charge is 0.322 e. The molecule has 0 spiro atoms. The first-order valence-corrected chi connectivity index (χ1v) is 7.54. The van der Waals surface area contributed by atoms with Gasteiger partial charge in [0.15, 0.2) is 0 Å². The predicted molar refractivity (Wildman–Crippen MR) is 87.3 cm³/mol. The fraction of sp³-hybridized carbons (Fsp3) is 0.235. The molecule has 21 heavy (non-hydrogen) atoms. The summed E-state index contributed by atoms with van der Waals surface area (Å²) in [5, 5.41) is 2.73. The number of benzene rings is 2. The van der Waals surface area contributed by atoms with Gasteiger partial charge in [-0.05, 0) is 54.3 Å². The summed E-state index contributed by atoms with van der Waals surface area (Å²) in [4.78, 5) is 12.1. The van der Waals surface area contributed by atoms with Crippen molar-refractivity contribution in [3.8, 4) is 0 Å². The van der Waals surface area contributed by atoms with Gasteiger partial charge >= 0.3 is 0 Å². The highest BCUT2D eigenvalue weighted by atomic mass is 79.9. The molecule has 1 amide bonds. The van der Waals surface area contributed by atoms with E-state index in [1.54, 1.807) is 6.07 Å². The Labute approximate surface area is 132 Å². The second-order valence-corrected chi connectivity index (χ2v) is 6.22. The number of carbonyl (C=O) groups excluding carboxylic acids is 1. The average Bonchev–Trinajstić information content (AvgIpc) is 2.41. The van der Waals surface area contributed by atoms with Gasteiger partial charge in [0, 0.05) is 10.2 Å². The lowest BCUT2D eigenvalue weighted by Crippen LogP contribution is -2.14. The van der Waals surface area contributed by atoms with Crippen molar-refractivity contribution in [2.24, 2.45) is 0 Å². The molecule has 0 aromatic heterocycles. The number of amides is 1. The van der Waals surface area contributed by atoms with Crippen LogP contribution in [0.3, 0.4) is 0 Å². The van der Waals surface area contributed by atoms with Gasteiger partial charge in [-0.15, -0.1) is 0 Å². The molecule has 0 saturated carbocycles. The van der Waals surface area contributed by atoms with Gasteiger partial charge in [-0.25, -0.2) is 4.39 Å². The summed E-state index contributed by atoms with van der Waals surface area (Å²) in [6, 6.07) is 10.0. The molecule has 2 nitrogen and oxygen atoms in total. The van der Waals surface area contributed by atoms with Gasteiger partial charge in [0.25, 0.3) is 5.91 Å². The van der Waals surface area contributed by atoms with E-state index in [4.69, 9.17) is 0 Å². The number of aryl methyl sites for hydroxylation is 1. The van der Waals surface area contributed by atoms with Crippen LogP contribution in [-0.4, -0.2) is 5.91 Å². The predicted octanol–water partition coefficient (Wildman–Crippen LogP) is 5.27. The van der Waals surface area contributed by atoms with E-state index in [9.17, 15) is 9.18 Å². The molecule has 0 heterocycles. The molecular formula is C17H17BrFNO. The second kappa shape index (κ2) is 6.39. The number of carbonyl (C=O) groups is 1. The smallest absolute Gasteiger partial charge is 0.258 e. The van der Waals surface area contributed by atoms with Crippen molar-refractivity contribution in [2.45, 2.75) is 26.7 Å². The van der Waals surface area contributed by atoms with Crippen LogP contribution in [0.5, 0.6) is 0 Å². The normalized spacial score (nSPS) is 10.8. The van der Waals surface area contributed by atoms with Gasteiger partial charge in [-0.3, -0.25) is 4.79 Å².